The highest BCUT2D eigenvalue weighted by atomic mass is 19.2. The number of carboxylic acids is 1. The molecule has 1 aliphatic heterocycles. The van der Waals surface area contributed by atoms with Gasteiger partial charge >= 0.3 is 18.1 Å². The molecule has 476 valence electrons. The van der Waals surface area contributed by atoms with E-state index in [1.165, 1.54) is 24.3 Å². The molecule has 0 saturated carbocycles. The number of carbonyl (C=O) groups excluding carboxylic acids is 8. The summed E-state index contributed by atoms with van der Waals surface area (Å²) in [6.07, 6.45) is 5.17. The number of carbonyl (C=O) groups is 9. The molecule has 4 heterocycles. The summed E-state index contributed by atoms with van der Waals surface area (Å²) < 4.78 is 39.8. The lowest BCUT2D eigenvalue weighted by Gasteiger charge is -2.27. The first-order chi connectivity index (χ1) is 43.2. The molecule has 0 aliphatic carbocycles. The Morgan fingerprint density at radius 2 is 1.50 bits per heavy atom. The van der Waals surface area contributed by atoms with Gasteiger partial charge in [0.25, 0.3) is 11.8 Å². The minimum Gasteiger partial charge on any atom is -0.492 e. The lowest BCUT2D eigenvalue weighted by Crippen LogP contribution is -2.57. The number of aromatic nitrogens is 4. The van der Waals surface area contributed by atoms with Gasteiger partial charge in [0.1, 0.15) is 42.0 Å². The lowest BCUT2D eigenvalue weighted by atomic mass is 10.0. The van der Waals surface area contributed by atoms with Crippen LogP contribution in [0.3, 0.4) is 0 Å². The normalized spacial score (nSPS) is 12.9. The molecule has 25 nitrogen and oxygen atoms in total. The van der Waals surface area contributed by atoms with Crippen molar-refractivity contribution in [1.82, 2.24) is 51.4 Å². The summed E-state index contributed by atoms with van der Waals surface area (Å²) in [6, 6.07) is 18.9. The van der Waals surface area contributed by atoms with Crippen LogP contribution in [0.1, 0.15) is 95.1 Å². The fourth-order valence-corrected chi connectivity index (χ4v) is 9.49. The van der Waals surface area contributed by atoms with Crippen LogP contribution < -0.4 is 47.7 Å². The molecule has 27 heteroatoms. The number of anilines is 2. The van der Waals surface area contributed by atoms with Gasteiger partial charge in [-0.3, -0.25) is 48.4 Å². The standard InChI is InChI=1S/C63H73F2N13O12/c1-37(2)56(77-60(85)49(24-27-54(82)83)73-51(79)17-5-4-7-30-78-52(80)25-26-53(78)81)61(86)74-48(16-11-29-67-62(66)87)59(84)72-42-21-18-39(19-22-42)36-90-63(88)68-28-6-8-31-89-43-33-41-32-40(20-23-45(41)69-34-43)57-58(47-15-9-12-38(3)71-47)76-50(75-57)35-70-46-14-10-13-44(64)55(46)65/h9-10,12-15,18-23,25-26,32-34,37,48-49,56,70H,4-8,11,16-17,24,27-31,35-36H2,1-3H3,(H,68,88)(H,72,84)(H,73,79)(H,74,86)(H,75,76)(H,77,85)(H,82,83)(H3,66,67,87)/t48-,49-,56-/m0/s1. The molecule has 7 rings (SSSR count). The zero-order valence-electron chi connectivity index (χ0n) is 50.0. The largest absolute Gasteiger partial charge is 0.492 e. The first kappa shape index (κ1) is 67.2. The maximum Gasteiger partial charge on any atom is 0.407 e. The van der Waals surface area contributed by atoms with Gasteiger partial charge in [-0.05, 0) is 118 Å². The number of pyridine rings is 2. The molecule has 0 spiro atoms. The minimum atomic E-state index is -1.33. The van der Waals surface area contributed by atoms with Gasteiger partial charge in [0.15, 0.2) is 11.6 Å². The Morgan fingerprint density at radius 3 is 2.23 bits per heavy atom. The van der Waals surface area contributed by atoms with Crippen LogP contribution in [0.25, 0.3) is 33.5 Å². The number of aliphatic carboxylic acids is 1. The molecule has 9 amide bonds. The van der Waals surface area contributed by atoms with E-state index in [0.717, 1.165) is 33.1 Å². The van der Waals surface area contributed by atoms with Gasteiger partial charge in [-0.1, -0.05) is 50.6 Å². The van der Waals surface area contributed by atoms with Crippen molar-refractivity contribution in [2.24, 2.45) is 11.7 Å². The van der Waals surface area contributed by atoms with Crippen molar-refractivity contribution in [2.45, 2.75) is 116 Å². The number of nitrogens with two attached hydrogens (primary N) is 1. The topological polar surface area (TPSA) is 360 Å². The van der Waals surface area contributed by atoms with Gasteiger partial charge < -0.3 is 62.5 Å². The number of imide groups is 1. The second-order valence-corrected chi connectivity index (χ2v) is 21.6. The third kappa shape index (κ3) is 20.4. The van der Waals surface area contributed by atoms with Crippen LogP contribution in [-0.2, 0) is 51.5 Å². The molecule has 0 fully saturated rings. The van der Waals surface area contributed by atoms with E-state index in [1.807, 2.05) is 49.4 Å². The maximum absolute atomic E-state index is 14.4. The summed E-state index contributed by atoms with van der Waals surface area (Å²) in [6.45, 7) is 6.02. The Morgan fingerprint density at radius 1 is 0.756 bits per heavy atom. The molecular weight excluding hydrogens is 1170 g/mol. The Kier molecular flexibility index (Phi) is 24.7. The fourth-order valence-electron chi connectivity index (χ4n) is 9.49. The number of rotatable bonds is 34. The van der Waals surface area contributed by atoms with Crippen molar-refractivity contribution < 1.29 is 66.5 Å². The van der Waals surface area contributed by atoms with Crippen LogP contribution >= 0.6 is 0 Å². The molecule has 0 saturated heterocycles. The van der Waals surface area contributed by atoms with Gasteiger partial charge in [-0.2, -0.15) is 0 Å². The number of alkyl carbamates (subject to hydrolysis) is 1. The zero-order chi connectivity index (χ0) is 64.7. The van der Waals surface area contributed by atoms with Crippen molar-refractivity contribution in [1.29, 1.82) is 0 Å². The molecule has 6 aromatic rings. The van der Waals surface area contributed by atoms with E-state index < -0.39 is 95.6 Å². The maximum atomic E-state index is 14.4. The van der Waals surface area contributed by atoms with Gasteiger partial charge in [-0.15, -0.1) is 0 Å². The van der Waals surface area contributed by atoms with E-state index >= 15 is 0 Å². The van der Waals surface area contributed by atoms with E-state index in [9.17, 15) is 57.0 Å². The van der Waals surface area contributed by atoms with Gasteiger partial charge in [0, 0.05) is 67.0 Å². The molecule has 0 bridgehead atoms. The first-order valence-electron chi connectivity index (χ1n) is 29.4. The number of urea groups is 1. The van der Waals surface area contributed by atoms with E-state index in [-0.39, 0.29) is 57.6 Å². The third-order valence-electron chi connectivity index (χ3n) is 14.3. The van der Waals surface area contributed by atoms with Crippen LogP contribution in [0, 0.1) is 24.5 Å². The minimum absolute atomic E-state index is 0.00171. The number of aryl methyl sites for hydroxylation is 1. The highest BCUT2D eigenvalue weighted by molar-refractivity contribution is 6.12. The number of carboxylic acid groups (broad SMARTS) is 1. The predicted molar refractivity (Wildman–Crippen MR) is 328 cm³/mol. The molecular formula is C63H73F2N13O12. The van der Waals surface area contributed by atoms with Crippen LogP contribution in [0.15, 0.2) is 103 Å². The number of amides is 9. The number of hydrogen-bond donors (Lipinski definition) is 10. The van der Waals surface area contributed by atoms with E-state index in [4.69, 9.17) is 20.2 Å². The molecule has 11 N–H and O–H groups in total. The molecule has 1 aliphatic rings. The number of unbranched alkanes of at least 4 members (excludes halogenated alkanes) is 3. The number of primary amides is 1. The number of H-pyrrole nitrogens is 1. The Balaban J connectivity index is 0.854. The lowest BCUT2D eigenvalue weighted by molar-refractivity contribution is -0.139. The number of hydrogen-bond acceptors (Lipinski definition) is 15. The van der Waals surface area contributed by atoms with Crippen LogP contribution in [0.2, 0.25) is 0 Å². The number of ether oxygens (including phenoxy) is 2. The average molecular weight is 1240 g/mol. The highest BCUT2D eigenvalue weighted by Crippen LogP contribution is 2.33. The smallest absolute Gasteiger partial charge is 0.407 e. The number of nitrogens with one attached hydrogen (secondary N) is 8. The Labute approximate surface area is 517 Å². The Hall–Kier alpha value is -10.3. The van der Waals surface area contributed by atoms with Crippen molar-refractivity contribution in [3.8, 4) is 28.4 Å². The van der Waals surface area contributed by atoms with E-state index in [1.54, 1.807) is 44.3 Å². The number of halogens is 2. The highest BCUT2D eigenvalue weighted by Gasteiger charge is 2.32. The summed E-state index contributed by atoms with van der Waals surface area (Å²) in [5, 5.41) is 28.8. The summed E-state index contributed by atoms with van der Waals surface area (Å²) in [5.74, 6) is -6.32. The predicted octanol–water partition coefficient (Wildman–Crippen LogP) is 6.82. The molecule has 3 aromatic carbocycles. The van der Waals surface area contributed by atoms with Crippen LogP contribution in [0.4, 0.5) is 29.7 Å². The quantitative estimate of drug-likeness (QED) is 0.0146. The monoisotopic (exact) mass is 1240 g/mol. The molecule has 3 aromatic heterocycles. The van der Waals surface area contributed by atoms with Crippen molar-refractivity contribution >= 4 is 75.8 Å². The zero-order valence-corrected chi connectivity index (χ0v) is 50.0. The van der Waals surface area contributed by atoms with Gasteiger partial charge in [0.05, 0.1) is 41.9 Å². The van der Waals surface area contributed by atoms with Crippen molar-refractivity contribution in [3.63, 3.8) is 0 Å². The second kappa shape index (κ2) is 33.1. The second-order valence-electron chi connectivity index (χ2n) is 21.6. The number of aromatic amines is 1. The summed E-state index contributed by atoms with van der Waals surface area (Å²) in [5.41, 5.74) is 10.3. The van der Waals surface area contributed by atoms with Gasteiger partial charge in [-0.25, -0.2) is 23.4 Å². The van der Waals surface area contributed by atoms with Crippen LogP contribution in [-0.4, -0.2) is 128 Å². The molecule has 0 radical (unpaired) electrons. The first-order valence-corrected chi connectivity index (χ1v) is 29.4. The van der Waals surface area contributed by atoms with Crippen molar-refractivity contribution in [2.75, 3.05) is 36.9 Å². The number of nitrogens with zero attached hydrogens (tertiary/aromatic N) is 4. The van der Waals surface area contributed by atoms with E-state index in [2.05, 4.69) is 52.2 Å². The third-order valence-corrected chi connectivity index (χ3v) is 14.3. The van der Waals surface area contributed by atoms with E-state index in [0.29, 0.717) is 85.2 Å². The van der Waals surface area contributed by atoms with Crippen LogP contribution in [0.5, 0.6) is 5.75 Å². The molecule has 3 atom stereocenters. The number of fused-ring (bicyclic) bond motifs is 1. The van der Waals surface area contributed by atoms with Gasteiger partial charge in [0.2, 0.25) is 23.6 Å². The van der Waals surface area contributed by atoms with Crippen molar-refractivity contribution in [3.05, 3.63) is 132 Å². The summed E-state index contributed by atoms with van der Waals surface area (Å²) >= 11 is 0. The molecule has 90 heavy (non-hydrogen) atoms. The number of benzene rings is 3. The Bertz CT molecular complexity index is 3560. The average Bonchev–Trinajstić information content (AvgIpc) is 1.68. The fraction of sp³-hybridized carbons (Fsp3) is 0.365. The summed E-state index contributed by atoms with van der Waals surface area (Å²) in [4.78, 5) is 132. The molecule has 0 unspecified atom stereocenters. The number of imidazole rings is 1. The SMILES string of the molecule is Cc1cccc(-c2nc(CNc3cccc(F)c3F)[nH]c2-c2ccc3ncc(OCCCCNC(=O)OCc4ccc(NC(=O)[C@H](CCCNC(N)=O)NC(=O)[C@@H](NC(=O)[C@H](CCC(=O)O)NC(=O)CCCCCN5C(=O)C=CC5=O)C(C)C)cc4)cc3c2)n1. The summed E-state index contributed by atoms with van der Waals surface area (Å²) in [7, 11) is 0.